The van der Waals surface area contributed by atoms with Crippen molar-refractivity contribution in [2.45, 2.75) is 39.7 Å². The number of likely N-dealkylation sites (tertiary alicyclic amines) is 1. The molecule has 0 radical (unpaired) electrons. The van der Waals surface area contributed by atoms with Gasteiger partial charge in [0.25, 0.3) is 0 Å². The third-order valence-electron chi connectivity index (χ3n) is 4.25. The number of hydrogen-bond acceptors (Lipinski definition) is 2. The molecule has 1 aromatic carbocycles. The highest BCUT2D eigenvalue weighted by Gasteiger charge is 2.26. The van der Waals surface area contributed by atoms with Crippen LogP contribution in [0.25, 0.3) is 0 Å². The molecular formula is C16H26N2. The molecular weight excluding hydrogens is 220 g/mol. The Hall–Kier alpha value is -0.860. The third kappa shape index (κ3) is 3.33. The van der Waals surface area contributed by atoms with Crippen LogP contribution in [0.2, 0.25) is 0 Å². The van der Waals surface area contributed by atoms with Crippen LogP contribution >= 0.6 is 0 Å². The summed E-state index contributed by atoms with van der Waals surface area (Å²) in [5, 5.41) is 0. The van der Waals surface area contributed by atoms with Crippen molar-refractivity contribution < 1.29 is 0 Å². The largest absolute Gasteiger partial charge is 0.323 e. The zero-order valence-corrected chi connectivity index (χ0v) is 11.9. The van der Waals surface area contributed by atoms with Gasteiger partial charge in [0.15, 0.2) is 0 Å². The lowest BCUT2D eigenvalue weighted by Gasteiger charge is -2.38. The van der Waals surface area contributed by atoms with Crippen molar-refractivity contribution >= 4 is 0 Å². The molecule has 0 aliphatic carbocycles. The molecule has 1 fully saturated rings. The van der Waals surface area contributed by atoms with Crippen LogP contribution in [-0.4, -0.2) is 24.5 Å². The normalized spacial score (nSPS) is 21.8. The fourth-order valence-electron chi connectivity index (χ4n) is 2.72. The van der Waals surface area contributed by atoms with Crippen LogP contribution in [0.1, 0.15) is 43.9 Å². The van der Waals surface area contributed by atoms with E-state index in [1.165, 1.54) is 37.1 Å². The Balaban J connectivity index is 1.93. The predicted octanol–water partition coefficient (Wildman–Crippen LogP) is 3.12. The summed E-state index contributed by atoms with van der Waals surface area (Å²) in [6, 6.07) is 8.62. The van der Waals surface area contributed by atoms with Gasteiger partial charge in [0.2, 0.25) is 0 Å². The summed E-state index contributed by atoms with van der Waals surface area (Å²) in [5.41, 5.74) is 9.47. The Morgan fingerprint density at radius 1 is 1.22 bits per heavy atom. The average molecular weight is 246 g/mol. The molecule has 1 aliphatic rings. The second kappa shape index (κ2) is 5.41. The smallest absolute Gasteiger partial charge is 0.0426 e. The molecule has 1 aliphatic heterocycles. The van der Waals surface area contributed by atoms with E-state index in [0.29, 0.717) is 5.41 Å². The summed E-state index contributed by atoms with van der Waals surface area (Å²) in [5.74, 6) is 0. The first-order valence-electron chi connectivity index (χ1n) is 7.01. The van der Waals surface area contributed by atoms with E-state index in [4.69, 9.17) is 5.73 Å². The van der Waals surface area contributed by atoms with Crippen LogP contribution in [0, 0.1) is 12.3 Å². The Kier molecular flexibility index (Phi) is 4.08. The van der Waals surface area contributed by atoms with Gasteiger partial charge >= 0.3 is 0 Å². The van der Waals surface area contributed by atoms with Crippen molar-refractivity contribution in [2.24, 2.45) is 11.1 Å². The Morgan fingerprint density at radius 3 is 2.44 bits per heavy atom. The van der Waals surface area contributed by atoms with E-state index in [1.54, 1.807) is 0 Å². The van der Waals surface area contributed by atoms with E-state index < -0.39 is 0 Å². The first-order chi connectivity index (χ1) is 8.48. The lowest BCUT2D eigenvalue weighted by atomic mass is 9.82. The first kappa shape index (κ1) is 13.6. The highest BCUT2D eigenvalue weighted by Crippen LogP contribution is 2.30. The minimum absolute atomic E-state index is 0.146. The number of hydrogen-bond donors (Lipinski definition) is 1. The van der Waals surface area contributed by atoms with Crippen molar-refractivity contribution in [3.05, 3.63) is 35.4 Å². The molecule has 0 amide bonds. The monoisotopic (exact) mass is 246 g/mol. The minimum atomic E-state index is 0.146. The molecule has 0 aromatic heterocycles. The van der Waals surface area contributed by atoms with E-state index in [2.05, 4.69) is 49.9 Å². The standard InChI is InChI=1S/C16H26N2/c1-13-6-4-5-7-14(13)15(17)12-18-10-8-16(2,3)9-11-18/h4-7,15H,8-12,17H2,1-3H3. The van der Waals surface area contributed by atoms with E-state index in [-0.39, 0.29) is 6.04 Å². The van der Waals surface area contributed by atoms with Crippen molar-refractivity contribution in [1.29, 1.82) is 0 Å². The number of aryl methyl sites for hydroxylation is 1. The Morgan fingerprint density at radius 2 is 1.83 bits per heavy atom. The second-order valence-electron chi connectivity index (χ2n) is 6.43. The summed E-state index contributed by atoms with van der Waals surface area (Å²) in [6.07, 6.45) is 2.57. The molecule has 2 heteroatoms. The summed E-state index contributed by atoms with van der Waals surface area (Å²) in [4.78, 5) is 2.52. The van der Waals surface area contributed by atoms with Gasteiger partial charge in [0, 0.05) is 12.6 Å². The molecule has 18 heavy (non-hydrogen) atoms. The maximum absolute atomic E-state index is 6.35. The molecule has 100 valence electrons. The van der Waals surface area contributed by atoms with Crippen LogP contribution < -0.4 is 5.73 Å². The topological polar surface area (TPSA) is 29.3 Å². The minimum Gasteiger partial charge on any atom is -0.323 e. The third-order valence-corrected chi connectivity index (χ3v) is 4.25. The van der Waals surface area contributed by atoms with Gasteiger partial charge < -0.3 is 10.6 Å². The van der Waals surface area contributed by atoms with E-state index >= 15 is 0 Å². The maximum Gasteiger partial charge on any atom is 0.0426 e. The highest BCUT2D eigenvalue weighted by atomic mass is 15.1. The van der Waals surface area contributed by atoms with Crippen molar-refractivity contribution in [2.75, 3.05) is 19.6 Å². The molecule has 0 saturated carbocycles. The number of benzene rings is 1. The van der Waals surface area contributed by atoms with Crippen LogP contribution in [0.15, 0.2) is 24.3 Å². The van der Waals surface area contributed by atoms with E-state index in [9.17, 15) is 0 Å². The molecule has 2 N–H and O–H groups in total. The lowest BCUT2D eigenvalue weighted by molar-refractivity contribution is 0.127. The number of piperidine rings is 1. The molecule has 2 rings (SSSR count). The van der Waals surface area contributed by atoms with Crippen molar-refractivity contribution in [1.82, 2.24) is 4.90 Å². The molecule has 0 bridgehead atoms. The van der Waals surface area contributed by atoms with Gasteiger partial charge in [-0.1, -0.05) is 38.1 Å². The number of nitrogens with zero attached hydrogens (tertiary/aromatic N) is 1. The fraction of sp³-hybridized carbons (Fsp3) is 0.625. The van der Waals surface area contributed by atoms with Crippen LogP contribution in [0.5, 0.6) is 0 Å². The summed E-state index contributed by atoms with van der Waals surface area (Å²) in [6.45, 7) is 10.2. The molecule has 1 unspecified atom stereocenters. The quantitative estimate of drug-likeness (QED) is 0.888. The van der Waals surface area contributed by atoms with Crippen LogP contribution in [-0.2, 0) is 0 Å². The van der Waals surface area contributed by atoms with Gasteiger partial charge in [0.05, 0.1) is 0 Å². The molecule has 0 spiro atoms. The number of rotatable bonds is 3. The van der Waals surface area contributed by atoms with E-state index in [0.717, 1.165) is 6.54 Å². The van der Waals surface area contributed by atoms with Gasteiger partial charge in [-0.3, -0.25) is 0 Å². The molecule has 1 atom stereocenters. The summed E-state index contributed by atoms with van der Waals surface area (Å²) in [7, 11) is 0. The Bertz CT molecular complexity index is 388. The van der Waals surface area contributed by atoms with Gasteiger partial charge in [0.1, 0.15) is 0 Å². The highest BCUT2D eigenvalue weighted by molar-refractivity contribution is 5.28. The molecule has 1 saturated heterocycles. The summed E-state index contributed by atoms with van der Waals surface area (Å²) < 4.78 is 0. The molecule has 2 nitrogen and oxygen atoms in total. The second-order valence-corrected chi connectivity index (χ2v) is 6.43. The van der Waals surface area contributed by atoms with Crippen LogP contribution in [0.3, 0.4) is 0 Å². The molecule has 1 aromatic rings. The SMILES string of the molecule is Cc1ccccc1C(N)CN1CCC(C)(C)CC1. The van der Waals surface area contributed by atoms with Crippen LogP contribution in [0.4, 0.5) is 0 Å². The van der Waals surface area contributed by atoms with Gasteiger partial charge in [-0.2, -0.15) is 0 Å². The molecule has 1 heterocycles. The zero-order chi connectivity index (χ0) is 13.2. The summed E-state index contributed by atoms with van der Waals surface area (Å²) >= 11 is 0. The predicted molar refractivity (Wildman–Crippen MR) is 77.6 cm³/mol. The Labute approximate surface area is 111 Å². The van der Waals surface area contributed by atoms with Gasteiger partial charge in [-0.15, -0.1) is 0 Å². The van der Waals surface area contributed by atoms with Crippen molar-refractivity contribution in [3.63, 3.8) is 0 Å². The number of nitrogens with two attached hydrogens (primary N) is 1. The zero-order valence-electron chi connectivity index (χ0n) is 11.9. The first-order valence-corrected chi connectivity index (χ1v) is 7.01. The maximum atomic E-state index is 6.35. The van der Waals surface area contributed by atoms with Gasteiger partial charge in [-0.05, 0) is 49.4 Å². The fourth-order valence-corrected chi connectivity index (χ4v) is 2.72. The average Bonchev–Trinajstić information content (AvgIpc) is 2.32. The van der Waals surface area contributed by atoms with Gasteiger partial charge in [-0.25, -0.2) is 0 Å². The van der Waals surface area contributed by atoms with E-state index in [1.807, 2.05) is 0 Å². The van der Waals surface area contributed by atoms with Crippen molar-refractivity contribution in [3.8, 4) is 0 Å². The lowest BCUT2D eigenvalue weighted by Crippen LogP contribution is -2.41.